The SMILES string of the molecule is O=C(O)COc1ccc(C=NNC(=O)[C@@H]2CCCN2S(=O)(=O)c2ccc(Cl)cc2)cc1. The zero-order chi connectivity index (χ0) is 22.4. The molecule has 164 valence electrons. The molecule has 9 nitrogen and oxygen atoms in total. The second kappa shape index (κ2) is 9.90. The third kappa shape index (κ3) is 5.81. The molecule has 0 spiro atoms. The zero-order valence-corrected chi connectivity index (χ0v) is 17.8. The molecule has 1 aliphatic rings. The molecule has 1 aliphatic heterocycles. The Morgan fingerprint density at radius 3 is 2.52 bits per heavy atom. The first-order chi connectivity index (χ1) is 14.8. The van der Waals surface area contributed by atoms with Crippen LogP contribution >= 0.6 is 11.6 Å². The number of hydrogen-bond donors (Lipinski definition) is 2. The van der Waals surface area contributed by atoms with Gasteiger partial charge in [-0.15, -0.1) is 0 Å². The van der Waals surface area contributed by atoms with Gasteiger partial charge in [0.15, 0.2) is 6.61 Å². The van der Waals surface area contributed by atoms with Gasteiger partial charge in [0.1, 0.15) is 11.8 Å². The number of rotatable bonds is 8. The van der Waals surface area contributed by atoms with E-state index in [1.165, 1.54) is 34.8 Å². The van der Waals surface area contributed by atoms with Crippen LogP contribution < -0.4 is 10.2 Å². The topological polar surface area (TPSA) is 125 Å². The highest BCUT2D eigenvalue weighted by molar-refractivity contribution is 7.89. The fourth-order valence-electron chi connectivity index (χ4n) is 3.07. The number of nitrogens with zero attached hydrogens (tertiary/aromatic N) is 2. The van der Waals surface area contributed by atoms with Crippen LogP contribution in [0.15, 0.2) is 58.5 Å². The van der Waals surface area contributed by atoms with Gasteiger partial charge in [0.2, 0.25) is 10.0 Å². The number of nitrogens with one attached hydrogen (secondary N) is 1. The summed E-state index contributed by atoms with van der Waals surface area (Å²) in [5, 5.41) is 12.9. The summed E-state index contributed by atoms with van der Waals surface area (Å²) < 4.78 is 32.0. The summed E-state index contributed by atoms with van der Waals surface area (Å²) in [7, 11) is -3.84. The minimum atomic E-state index is -3.84. The number of carboxylic acids is 1. The van der Waals surface area contributed by atoms with E-state index in [0.717, 1.165) is 0 Å². The van der Waals surface area contributed by atoms with Crippen LogP contribution in [0.4, 0.5) is 0 Å². The molecule has 0 radical (unpaired) electrons. The van der Waals surface area contributed by atoms with E-state index >= 15 is 0 Å². The predicted molar refractivity (Wildman–Crippen MR) is 114 cm³/mol. The van der Waals surface area contributed by atoms with E-state index in [1.54, 1.807) is 24.3 Å². The molecule has 2 N–H and O–H groups in total. The average Bonchev–Trinajstić information content (AvgIpc) is 3.24. The Balaban J connectivity index is 1.61. The van der Waals surface area contributed by atoms with Gasteiger partial charge >= 0.3 is 5.97 Å². The van der Waals surface area contributed by atoms with Crippen molar-refractivity contribution in [2.24, 2.45) is 5.10 Å². The van der Waals surface area contributed by atoms with Gasteiger partial charge in [0, 0.05) is 11.6 Å². The van der Waals surface area contributed by atoms with Crippen molar-refractivity contribution >= 4 is 39.7 Å². The van der Waals surface area contributed by atoms with E-state index in [0.29, 0.717) is 29.2 Å². The van der Waals surface area contributed by atoms with Gasteiger partial charge in [0.25, 0.3) is 5.91 Å². The molecule has 0 bridgehead atoms. The molecule has 0 saturated carbocycles. The van der Waals surface area contributed by atoms with Gasteiger partial charge in [-0.05, 0) is 66.9 Å². The molecule has 0 unspecified atom stereocenters. The Morgan fingerprint density at radius 2 is 1.87 bits per heavy atom. The highest BCUT2D eigenvalue weighted by atomic mass is 35.5. The Morgan fingerprint density at radius 1 is 1.19 bits per heavy atom. The van der Waals surface area contributed by atoms with Crippen LogP contribution in [-0.2, 0) is 19.6 Å². The normalized spacial score (nSPS) is 17.0. The Labute approximate surface area is 184 Å². The van der Waals surface area contributed by atoms with E-state index in [2.05, 4.69) is 10.5 Å². The molecule has 2 aromatic carbocycles. The van der Waals surface area contributed by atoms with Crippen LogP contribution in [0.25, 0.3) is 0 Å². The van der Waals surface area contributed by atoms with Crippen molar-refractivity contribution in [3.05, 3.63) is 59.1 Å². The van der Waals surface area contributed by atoms with Crippen LogP contribution in [0, 0.1) is 0 Å². The smallest absolute Gasteiger partial charge is 0.341 e. The lowest BCUT2D eigenvalue weighted by Gasteiger charge is -2.22. The lowest BCUT2D eigenvalue weighted by molar-refractivity contribution is -0.139. The molecule has 0 aromatic heterocycles. The molecule has 11 heteroatoms. The van der Waals surface area contributed by atoms with E-state index in [4.69, 9.17) is 21.4 Å². The lowest BCUT2D eigenvalue weighted by atomic mass is 10.2. The van der Waals surface area contributed by atoms with Crippen molar-refractivity contribution in [1.82, 2.24) is 9.73 Å². The third-order valence-electron chi connectivity index (χ3n) is 4.56. The van der Waals surface area contributed by atoms with Crippen molar-refractivity contribution in [3.8, 4) is 5.75 Å². The second-order valence-corrected chi connectivity index (χ2v) is 9.04. The maximum absolute atomic E-state index is 12.9. The fraction of sp³-hybridized carbons (Fsp3) is 0.250. The number of ether oxygens (including phenoxy) is 1. The summed E-state index contributed by atoms with van der Waals surface area (Å²) in [5.74, 6) is -1.21. The van der Waals surface area contributed by atoms with E-state index in [-0.39, 0.29) is 11.4 Å². The largest absolute Gasteiger partial charge is 0.482 e. The average molecular weight is 466 g/mol. The molecule has 31 heavy (non-hydrogen) atoms. The van der Waals surface area contributed by atoms with E-state index in [1.807, 2.05) is 0 Å². The van der Waals surface area contributed by atoms with Crippen molar-refractivity contribution in [1.29, 1.82) is 0 Å². The number of sulfonamides is 1. The molecular weight excluding hydrogens is 446 g/mol. The Bertz CT molecular complexity index is 1070. The Kier molecular flexibility index (Phi) is 7.26. The van der Waals surface area contributed by atoms with Crippen LogP contribution in [0.2, 0.25) is 5.02 Å². The van der Waals surface area contributed by atoms with E-state index < -0.39 is 34.5 Å². The van der Waals surface area contributed by atoms with Crippen molar-refractivity contribution < 1.29 is 27.9 Å². The van der Waals surface area contributed by atoms with Gasteiger partial charge in [-0.3, -0.25) is 4.79 Å². The maximum atomic E-state index is 12.9. The van der Waals surface area contributed by atoms with Gasteiger partial charge in [-0.1, -0.05) is 11.6 Å². The number of carbonyl (C=O) groups is 2. The number of amides is 1. The van der Waals surface area contributed by atoms with Gasteiger partial charge < -0.3 is 9.84 Å². The number of carboxylic acid groups (broad SMARTS) is 1. The molecular formula is C20H20ClN3O6S. The highest BCUT2D eigenvalue weighted by Gasteiger charge is 2.39. The molecule has 1 atom stereocenters. The molecule has 1 fully saturated rings. The molecule has 1 heterocycles. The summed E-state index contributed by atoms with van der Waals surface area (Å²) in [6.07, 6.45) is 2.35. The van der Waals surface area contributed by atoms with Crippen LogP contribution in [0.5, 0.6) is 5.75 Å². The van der Waals surface area contributed by atoms with Crippen molar-refractivity contribution in [2.75, 3.05) is 13.2 Å². The predicted octanol–water partition coefficient (Wildman–Crippen LogP) is 2.11. The van der Waals surface area contributed by atoms with Crippen LogP contribution in [-0.4, -0.2) is 55.1 Å². The third-order valence-corrected chi connectivity index (χ3v) is 6.73. The van der Waals surface area contributed by atoms with Crippen LogP contribution in [0.3, 0.4) is 0 Å². The molecule has 3 rings (SSSR count). The van der Waals surface area contributed by atoms with Crippen molar-refractivity contribution in [2.45, 2.75) is 23.8 Å². The Hall–Kier alpha value is -2.95. The molecule has 1 amide bonds. The molecule has 1 saturated heterocycles. The number of hydrogen-bond acceptors (Lipinski definition) is 6. The minimum absolute atomic E-state index is 0.0744. The summed E-state index contributed by atoms with van der Waals surface area (Å²) in [6.45, 7) is -0.203. The summed E-state index contributed by atoms with van der Waals surface area (Å²) in [6, 6.07) is 11.4. The second-order valence-electron chi connectivity index (χ2n) is 6.71. The van der Waals surface area contributed by atoms with Crippen LogP contribution in [0.1, 0.15) is 18.4 Å². The number of halogens is 1. The van der Waals surface area contributed by atoms with E-state index in [9.17, 15) is 18.0 Å². The minimum Gasteiger partial charge on any atom is -0.482 e. The highest BCUT2D eigenvalue weighted by Crippen LogP contribution is 2.27. The van der Waals surface area contributed by atoms with Gasteiger partial charge in [0.05, 0.1) is 11.1 Å². The molecule has 0 aliphatic carbocycles. The standard InChI is InChI=1S/C20H20ClN3O6S/c21-15-5-9-17(10-6-15)31(28,29)24-11-1-2-18(24)20(27)23-22-12-14-3-7-16(8-4-14)30-13-19(25)26/h3-10,12,18H,1-2,11,13H2,(H,23,27)(H,25,26)/t18-/m0/s1. The first-order valence-electron chi connectivity index (χ1n) is 9.32. The molecule has 2 aromatic rings. The van der Waals surface area contributed by atoms with Gasteiger partial charge in [-0.2, -0.15) is 9.41 Å². The maximum Gasteiger partial charge on any atom is 0.341 e. The fourth-order valence-corrected chi connectivity index (χ4v) is 4.85. The first-order valence-corrected chi connectivity index (χ1v) is 11.1. The summed E-state index contributed by atoms with van der Waals surface area (Å²) in [5.41, 5.74) is 3.02. The number of aliphatic carboxylic acids is 1. The quantitative estimate of drug-likeness (QED) is 0.454. The number of hydrazone groups is 1. The zero-order valence-electron chi connectivity index (χ0n) is 16.3. The monoisotopic (exact) mass is 465 g/mol. The van der Waals surface area contributed by atoms with Crippen molar-refractivity contribution in [3.63, 3.8) is 0 Å². The first kappa shape index (κ1) is 22.7. The summed E-state index contributed by atoms with van der Waals surface area (Å²) in [4.78, 5) is 23.1. The lowest BCUT2D eigenvalue weighted by Crippen LogP contribution is -2.44. The summed E-state index contributed by atoms with van der Waals surface area (Å²) >= 11 is 5.83. The number of carbonyl (C=O) groups excluding carboxylic acids is 1. The van der Waals surface area contributed by atoms with Gasteiger partial charge in [-0.25, -0.2) is 18.6 Å². The number of benzene rings is 2.